The van der Waals surface area contributed by atoms with Crippen LogP contribution in [0.3, 0.4) is 0 Å². The van der Waals surface area contributed by atoms with Crippen LogP contribution in [-0.4, -0.2) is 20.3 Å². The number of hydrogen-bond donors (Lipinski definition) is 0. The summed E-state index contributed by atoms with van der Waals surface area (Å²) in [6.07, 6.45) is 0.634. The Kier molecular flexibility index (Phi) is 4.20. The van der Waals surface area contributed by atoms with Gasteiger partial charge in [-0.1, -0.05) is 24.8 Å². The zero-order valence-electron chi connectivity index (χ0n) is 9.71. The predicted molar refractivity (Wildman–Crippen MR) is 64.9 cm³/mol. The molecule has 0 aliphatic carbocycles. The van der Waals surface area contributed by atoms with Gasteiger partial charge in [-0.25, -0.2) is 0 Å². The summed E-state index contributed by atoms with van der Waals surface area (Å²) in [5.41, 5.74) is 0.809. The Bertz CT molecular complexity index is 514. The van der Waals surface area contributed by atoms with E-state index in [-0.39, 0.29) is 10.7 Å². The number of rotatable bonds is 5. The number of ketones is 1. The minimum Gasteiger partial charge on any atom is -0.297 e. The van der Waals surface area contributed by atoms with E-state index in [1.54, 1.807) is 18.2 Å². The monoisotopic (exact) mass is 254 g/mol. The van der Waals surface area contributed by atoms with Gasteiger partial charge in [0, 0.05) is 0 Å². The van der Waals surface area contributed by atoms with Crippen LogP contribution in [0.1, 0.15) is 19.4 Å². The lowest BCUT2D eigenvalue weighted by Gasteiger charge is -2.10. The molecule has 1 aromatic rings. The van der Waals surface area contributed by atoms with Gasteiger partial charge in [0.1, 0.15) is 6.10 Å². The Morgan fingerprint density at radius 3 is 2.29 bits per heavy atom. The fourth-order valence-corrected chi connectivity index (χ4v) is 2.18. The molecule has 17 heavy (non-hydrogen) atoms. The fraction of sp³-hybridized carbons (Fsp3) is 0.250. The molecule has 0 bridgehead atoms. The van der Waals surface area contributed by atoms with Crippen LogP contribution in [0.4, 0.5) is 0 Å². The molecule has 0 saturated carbocycles. The molecule has 0 spiro atoms. The van der Waals surface area contributed by atoms with Crippen molar-refractivity contribution >= 4 is 22.0 Å². The first kappa shape index (κ1) is 13.6. The highest BCUT2D eigenvalue weighted by molar-refractivity contribution is 7.86. The van der Waals surface area contributed by atoms with Crippen LogP contribution < -0.4 is 0 Å². The van der Waals surface area contributed by atoms with Crippen molar-refractivity contribution in [2.75, 3.05) is 0 Å². The summed E-state index contributed by atoms with van der Waals surface area (Å²) in [6, 6.07) is 6.06. The first-order chi connectivity index (χ1) is 7.86. The van der Waals surface area contributed by atoms with Crippen molar-refractivity contribution in [2.24, 2.45) is 0 Å². The number of benzene rings is 1. The average molecular weight is 254 g/mol. The van der Waals surface area contributed by atoms with Crippen LogP contribution in [0.2, 0.25) is 0 Å². The first-order valence-electron chi connectivity index (χ1n) is 5.03. The van der Waals surface area contributed by atoms with Gasteiger partial charge in [0.15, 0.2) is 5.78 Å². The molecule has 92 valence electrons. The molecule has 1 atom stereocenters. The molecule has 4 nitrogen and oxygen atoms in total. The molecule has 0 aliphatic rings. The summed E-state index contributed by atoms with van der Waals surface area (Å²) in [6.45, 7) is 6.25. The van der Waals surface area contributed by atoms with Crippen LogP contribution in [0.5, 0.6) is 0 Å². The van der Waals surface area contributed by atoms with Gasteiger partial charge >= 0.3 is 0 Å². The summed E-state index contributed by atoms with van der Waals surface area (Å²) in [5, 5.41) is 0. The molecule has 0 N–H and O–H groups in total. The normalized spacial score (nSPS) is 13.1. The summed E-state index contributed by atoms with van der Waals surface area (Å²) in [4.78, 5) is 11.0. The summed E-state index contributed by atoms with van der Waals surface area (Å²) < 4.78 is 28.2. The molecule has 0 amide bonds. The van der Waals surface area contributed by atoms with Gasteiger partial charge in [0.25, 0.3) is 10.1 Å². The van der Waals surface area contributed by atoms with Gasteiger partial charge in [-0.3, -0.25) is 8.98 Å². The van der Waals surface area contributed by atoms with E-state index in [1.807, 2.05) is 0 Å². The van der Waals surface area contributed by atoms with Gasteiger partial charge in [-0.05, 0) is 31.5 Å². The van der Waals surface area contributed by atoms with E-state index >= 15 is 0 Å². The summed E-state index contributed by atoms with van der Waals surface area (Å²) in [5.74, 6) is -0.337. The second-order valence-corrected chi connectivity index (χ2v) is 5.15. The molecule has 5 heteroatoms. The van der Waals surface area contributed by atoms with Crippen molar-refractivity contribution < 1.29 is 17.4 Å². The Balaban J connectivity index is 2.97. The molecular weight excluding hydrogens is 240 g/mol. The van der Waals surface area contributed by atoms with E-state index in [9.17, 15) is 13.2 Å². The maximum absolute atomic E-state index is 11.7. The summed E-state index contributed by atoms with van der Waals surface area (Å²) in [7, 11) is -3.88. The largest absolute Gasteiger partial charge is 0.297 e. The minimum absolute atomic E-state index is 0.0243. The lowest BCUT2D eigenvalue weighted by molar-refractivity contribution is -0.122. The zero-order chi connectivity index (χ0) is 13.1. The minimum atomic E-state index is -3.88. The quantitative estimate of drug-likeness (QED) is 0.754. The third-order valence-electron chi connectivity index (χ3n) is 2.25. The second kappa shape index (κ2) is 5.25. The Morgan fingerprint density at radius 1 is 1.35 bits per heavy atom. The topological polar surface area (TPSA) is 60.4 Å². The van der Waals surface area contributed by atoms with E-state index in [1.165, 1.54) is 26.0 Å². The number of carbonyl (C=O) groups is 1. The van der Waals surface area contributed by atoms with Crippen LogP contribution >= 0.6 is 0 Å². The van der Waals surface area contributed by atoms with Crippen molar-refractivity contribution in [1.29, 1.82) is 0 Å². The lowest BCUT2D eigenvalue weighted by Crippen LogP contribution is -2.22. The van der Waals surface area contributed by atoms with Crippen LogP contribution in [-0.2, 0) is 19.1 Å². The van der Waals surface area contributed by atoms with Crippen molar-refractivity contribution in [3.8, 4) is 0 Å². The van der Waals surface area contributed by atoms with Crippen molar-refractivity contribution in [1.82, 2.24) is 0 Å². The van der Waals surface area contributed by atoms with Gasteiger partial charge in [-0.15, -0.1) is 0 Å². The van der Waals surface area contributed by atoms with E-state index in [0.29, 0.717) is 0 Å². The molecule has 0 aliphatic heterocycles. The Morgan fingerprint density at radius 2 is 1.88 bits per heavy atom. The molecule has 0 heterocycles. The summed E-state index contributed by atoms with van der Waals surface area (Å²) >= 11 is 0. The van der Waals surface area contributed by atoms with Crippen LogP contribution in [0.25, 0.3) is 6.08 Å². The van der Waals surface area contributed by atoms with Crippen molar-refractivity contribution in [3.05, 3.63) is 36.4 Å². The molecule has 0 aromatic heterocycles. The standard InChI is InChI=1S/C12H14O4S/c1-4-11-5-7-12(8-6-11)17(14,15)16-10(3)9(2)13/h4-8,10H,1H2,2-3H3. The van der Waals surface area contributed by atoms with Gasteiger partial charge < -0.3 is 0 Å². The fourth-order valence-electron chi connectivity index (χ4n) is 1.08. The van der Waals surface area contributed by atoms with E-state index in [0.717, 1.165) is 5.56 Å². The van der Waals surface area contributed by atoms with Crippen molar-refractivity contribution in [3.63, 3.8) is 0 Å². The molecular formula is C12H14O4S. The van der Waals surface area contributed by atoms with Crippen LogP contribution in [0.15, 0.2) is 35.7 Å². The maximum atomic E-state index is 11.7. The van der Waals surface area contributed by atoms with Gasteiger partial charge in [-0.2, -0.15) is 8.42 Å². The molecule has 0 radical (unpaired) electrons. The maximum Gasteiger partial charge on any atom is 0.297 e. The highest BCUT2D eigenvalue weighted by Crippen LogP contribution is 2.15. The third kappa shape index (κ3) is 3.51. The predicted octanol–water partition coefficient (Wildman–Crippen LogP) is 2.01. The third-order valence-corrected chi connectivity index (χ3v) is 3.64. The highest BCUT2D eigenvalue weighted by Gasteiger charge is 2.21. The second-order valence-electron chi connectivity index (χ2n) is 3.58. The molecule has 0 fully saturated rings. The zero-order valence-corrected chi connectivity index (χ0v) is 10.5. The van der Waals surface area contributed by atoms with E-state index in [4.69, 9.17) is 4.18 Å². The van der Waals surface area contributed by atoms with Crippen molar-refractivity contribution in [2.45, 2.75) is 24.8 Å². The van der Waals surface area contributed by atoms with E-state index < -0.39 is 16.2 Å². The SMILES string of the molecule is C=Cc1ccc(S(=O)(=O)OC(C)C(C)=O)cc1. The molecule has 0 saturated heterocycles. The molecule has 1 rings (SSSR count). The first-order valence-corrected chi connectivity index (χ1v) is 6.44. The van der Waals surface area contributed by atoms with Gasteiger partial charge in [0.05, 0.1) is 4.90 Å². The smallest absolute Gasteiger partial charge is 0.297 e. The van der Waals surface area contributed by atoms with E-state index in [2.05, 4.69) is 6.58 Å². The van der Waals surface area contributed by atoms with Gasteiger partial charge in [0.2, 0.25) is 0 Å². The Hall–Kier alpha value is -1.46. The Labute approximate surface area is 101 Å². The lowest BCUT2D eigenvalue weighted by atomic mass is 10.2. The number of Topliss-reactive ketones (excluding diaryl/α,β-unsaturated/α-hetero) is 1. The highest BCUT2D eigenvalue weighted by atomic mass is 32.2. The number of hydrogen-bond acceptors (Lipinski definition) is 4. The average Bonchev–Trinajstić information content (AvgIpc) is 2.28. The molecule has 1 aromatic carbocycles. The molecule has 1 unspecified atom stereocenters. The number of carbonyl (C=O) groups excluding carboxylic acids is 1. The van der Waals surface area contributed by atoms with Crippen LogP contribution in [0, 0.1) is 0 Å².